The Bertz CT molecular complexity index is 569. The molecule has 0 aliphatic rings. The number of halogens is 2. The van der Waals surface area contributed by atoms with E-state index in [1.165, 1.54) is 6.07 Å². The number of rotatable bonds is 4. The van der Waals surface area contributed by atoms with Crippen LogP contribution in [0.4, 0.5) is 8.78 Å². The van der Waals surface area contributed by atoms with E-state index in [9.17, 15) is 8.78 Å². The highest BCUT2D eigenvalue weighted by molar-refractivity contribution is 5.55. The van der Waals surface area contributed by atoms with E-state index in [0.29, 0.717) is 12.3 Å². The molecule has 4 nitrogen and oxygen atoms in total. The van der Waals surface area contributed by atoms with Crippen LogP contribution in [0, 0.1) is 17.6 Å². The molecule has 1 aromatic carbocycles. The predicted octanol–water partition coefficient (Wildman–Crippen LogP) is 3.06. The summed E-state index contributed by atoms with van der Waals surface area (Å²) in [6, 6.07) is 2.81. The molecule has 19 heavy (non-hydrogen) atoms. The maximum atomic E-state index is 13.6. The zero-order valence-electron chi connectivity index (χ0n) is 10.7. The quantitative estimate of drug-likeness (QED) is 0.924. The first-order chi connectivity index (χ1) is 8.97. The summed E-state index contributed by atoms with van der Waals surface area (Å²) in [5, 5.41) is 3.68. The van der Waals surface area contributed by atoms with Gasteiger partial charge in [0.1, 0.15) is 11.6 Å². The van der Waals surface area contributed by atoms with Gasteiger partial charge in [-0.1, -0.05) is 19.0 Å². The van der Waals surface area contributed by atoms with Crippen LogP contribution in [-0.4, -0.2) is 10.1 Å². The summed E-state index contributed by atoms with van der Waals surface area (Å²) in [6.45, 7) is 4.05. The zero-order valence-corrected chi connectivity index (χ0v) is 10.7. The first-order valence-electron chi connectivity index (χ1n) is 6.02. The smallest absolute Gasteiger partial charge is 0.243 e. The fourth-order valence-corrected chi connectivity index (χ4v) is 1.77. The summed E-state index contributed by atoms with van der Waals surface area (Å²) in [6.07, 6.45) is 0.688. The van der Waals surface area contributed by atoms with E-state index in [1.54, 1.807) is 0 Å². The van der Waals surface area contributed by atoms with Crippen molar-refractivity contribution >= 4 is 0 Å². The van der Waals surface area contributed by atoms with Gasteiger partial charge in [0.2, 0.25) is 11.7 Å². The van der Waals surface area contributed by atoms with E-state index in [2.05, 4.69) is 10.1 Å². The Kier molecular flexibility index (Phi) is 3.90. The van der Waals surface area contributed by atoms with E-state index >= 15 is 0 Å². The van der Waals surface area contributed by atoms with Crippen molar-refractivity contribution in [2.45, 2.75) is 26.3 Å². The summed E-state index contributed by atoms with van der Waals surface area (Å²) < 4.78 is 31.4. The first kappa shape index (κ1) is 13.6. The van der Waals surface area contributed by atoms with Crippen molar-refractivity contribution < 1.29 is 13.3 Å². The molecule has 2 rings (SSSR count). The number of hydrogen-bond donors (Lipinski definition) is 1. The third-order valence-corrected chi connectivity index (χ3v) is 2.66. The SMILES string of the molecule is CC(C)CC(N)c1nc(-c2ccc(F)cc2F)no1. The molecule has 1 heterocycles. The van der Waals surface area contributed by atoms with Gasteiger partial charge >= 0.3 is 0 Å². The van der Waals surface area contributed by atoms with Crippen molar-refractivity contribution in [2.75, 3.05) is 0 Å². The Balaban J connectivity index is 2.25. The van der Waals surface area contributed by atoms with E-state index in [0.717, 1.165) is 12.1 Å². The van der Waals surface area contributed by atoms with E-state index in [-0.39, 0.29) is 23.3 Å². The summed E-state index contributed by atoms with van der Waals surface area (Å²) in [5.41, 5.74) is 5.99. The minimum atomic E-state index is -0.732. The summed E-state index contributed by atoms with van der Waals surface area (Å²) in [5.74, 6) is -0.668. The molecule has 0 spiro atoms. The fourth-order valence-electron chi connectivity index (χ4n) is 1.77. The van der Waals surface area contributed by atoms with Crippen molar-refractivity contribution in [2.24, 2.45) is 11.7 Å². The number of nitrogens with two attached hydrogens (primary N) is 1. The highest BCUT2D eigenvalue weighted by Gasteiger charge is 2.18. The molecule has 0 bridgehead atoms. The summed E-state index contributed by atoms with van der Waals surface area (Å²) in [4.78, 5) is 4.06. The number of benzene rings is 1. The fraction of sp³-hybridized carbons (Fsp3) is 0.385. The largest absolute Gasteiger partial charge is 0.337 e. The summed E-state index contributed by atoms with van der Waals surface area (Å²) in [7, 11) is 0. The van der Waals surface area contributed by atoms with Crippen LogP contribution in [0.2, 0.25) is 0 Å². The Morgan fingerprint density at radius 3 is 2.68 bits per heavy atom. The lowest BCUT2D eigenvalue weighted by atomic mass is 10.0. The minimum Gasteiger partial charge on any atom is -0.337 e. The first-order valence-corrected chi connectivity index (χ1v) is 6.02. The molecule has 1 aromatic heterocycles. The van der Waals surface area contributed by atoms with Gasteiger partial charge in [-0.05, 0) is 24.5 Å². The second-order valence-corrected chi connectivity index (χ2v) is 4.82. The molecule has 2 N–H and O–H groups in total. The minimum absolute atomic E-state index is 0.0757. The lowest BCUT2D eigenvalue weighted by Gasteiger charge is -2.08. The molecule has 6 heteroatoms. The standard InChI is InChI=1S/C13H15F2N3O/c1-7(2)5-11(16)13-17-12(18-19-13)9-4-3-8(14)6-10(9)15/h3-4,6-7,11H,5,16H2,1-2H3. The van der Waals surface area contributed by atoms with Crippen LogP contribution in [0.3, 0.4) is 0 Å². The number of aromatic nitrogens is 2. The van der Waals surface area contributed by atoms with Crippen LogP contribution in [-0.2, 0) is 0 Å². The zero-order chi connectivity index (χ0) is 14.0. The molecule has 0 radical (unpaired) electrons. The monoisotopic (exact) mass is 267 g/mol. The average molecular weight is 267 g/mol. The van der Waals surface area contributed by atoms with Gasteiger partial charge in [-0.2, -0.15) is 4.98 Å². The van der Waals surface area contributed by atoms with Crippen LogP contribution in [0.1, 0.15) is 32.2 Å². The van der Waals surface area contributed by atoms with Gasteiger partial charge < -0.3 is 10.3 Å². The maximum Gasteiger partial charge on any atom is 0.243 e. The lowest BCUT2D eigenvalue weighted by Crippen LogP contribution is -2.13. The molecule has 1 unspecified atom stereocenters. The topological polar surface area (TPSA) is 64.9 Å². The van der Waals surface area contributed by atoms with Gasteiger partial charge in [0.15, 0.2) is 0 Å². The molecule has 0 aliphatic heterocycles. The molecule has 0 saturated heterocycles. The molecule has 0 aliphatic carbocycles. The summed E-state index contributed by atoms with van der Waals surface area (Å²) >= 11 is 0. The van der Waals surface area contributed by atoms with Crippen molar-refractivity contribution in [1.82, 2.24) is 10.1 Å². The predicted molar refractivity (Wildman–Crippen MR) is 66.0 cm³/mol. The highest BCUT2D eigenvalue weighted by Crippen LogP contribution is 2.23. The Morgan fingerprint density at radius 2 is 2.05 bits per heavy atom. The second kappa shape index (κ2) is 5.44. The molecular weight excluding hydrogens is 252 g/mol. The van der Waals surface area contributed by atoms with E-state index < -0.39 is 11.6 Å². The normalized spacial score (nSPS) is 12.9. The Morgan fingerprint density at radius 1 is 1.32 bits per heavy atom. The van der Waals surface area contributed by atoms with E-state index in [4.69, 9.17) is 10.3 Å². The Labute approximate surface area is 109 Å². The molecule has 0 amide bonds. The van der Waals surface area contributed by atoms with Crippen molar-refractivity contribution in [3.05, 3.63) is 35.7 Å². The van der Waals surface area contributed by atoms with Gasteiger partial charge in [-0.3, -0.25) is 0 Å². The van der Waals surface area contributed by atoms with Gasteiger partial charge in [0.25, 0.3) is 0 Å². The highest BCUT2D eigenvalue weighted by atomic mass is 19.1. The molecule has 1 atom stereocenters. The van der Waals surface area contributed by atoms with Crippen molar-refractivity contribution in [3.8, 4) is 11.4 Å². The molecule has 102 valence electrons. The van der Waals surface area contributed by atoms with Crippen LogP contribution in [0.25, 0.3) is 11.4 Å². The van der Waals surface area contributed by atoms with Gasteiger partial charge in [0.05, 0.1) is 11.6 Å². The van der Waals surface area contributed by atoms with Crippen LogP contribution < -0.4 is 5.73 Å². The van der Waals surface area contributed by atoms with Crippen LogP contribution in [0.5, 0.6) is 0 Å². The third-order valence-electron chi connectivity index (χ3n) is 2.66. The molecule has 2 aromatic rings. The number of nitrogens with zero attached hydrogens (tertiary/aromatic N) is 2. The Hall–Kier alpha value is -1.82. The van der Waals surface area contributed by atoms with Gasteiger partial charge in [-0.15, -0.1) is 0 Å². The lowest BCUT2D eigenvalue weighted by molar-refractivity contribution is 0.335. The second-order valence-electron chi connectivity index (χ2n) is 4.82. The van der Waals surface area contributed by atoms with Crippen LogP contribution >= 0.6 is 0 Å². The third kappa shape index (κ3) is 3.14. The number of hydrogen-bond acceptors (Lipinski definition) is 4. The maximum absolute atomic E-state index is 13.6. The molecular formula is C13H15F2N3O. The molecule has 0 saturated carbocycles. The van der Waals surface area contributed by atoms with Gasteiger partial charge in [-0.25, -0.2) is 8.78 Å². The molecule has 0 fully saturated rings. The van der Waals surface area contributed by atoms with Crippen LogP contribution in [0.15, 0.2) is 22.7 Å². The van der Waals surface area contributed by atoms with E-state index in [1.807, 2.05) is 13.8 Å². The van der Waals surface area contributed by atoms with Gasteiger partial charge in [0, 0.05) is 6.07 Å². The average Bonchev–Trinajstić information content (AvgIpc) is 2.77. The van der Waals surface area contributed by atoms with Crippen molar-refractivity contribution in [1.29, 1.82) is 0 Å². The van der Waals surface area contributed by atoms with Crippen molar-refractivity contribution in [3.63, 3.8) is 0 Å².